The van der Waals surface area contributed by atoms with Crippen LogP contribution in [0.1, 0.15) is 30.0 Å². The first kappa shape index (κ1) is 15.5. The van der Waals surface area contributed by atoms with Crippen molar-refractivity contribution in [2.45, 2.75) is 33.7 Å². The molecule has 0 bridgehead atoms. The summed E-state index contributed by atoms with van der Waals surface area (Å²) in [7, 11) is 1.65. The van der Waals surface area contributed by atoms with E-state index in [9.17, 15) is 4.79 Å². The summed E-state index contributed by atoms with van der Waals surface area (Å²) in [5, 5.41) is 2.93. The number of carbonyl (C=O) groups is 1. The molecule has 0 aliphatic rings. The second kappa shape index (κ2) is 7.14. The Morgan fingerprint density at radius 2 is 2.00 bits per heavy atom. The molecule has 1 amide bonds. The Bertz CT molecular complexity index is 444. The summed E-state index contributed by atoms with van der Waals surface area (Å²) in [4.78, 5) is 11.9. The molecule has 0 aliphatic carbocycles. The van der Waals surface area contributed by atoms with Crippen LogP contribution in [0.2, 0.25) is 0 Å². The zero-order valence-corrected chi connectivity index (χ0v) is 12.2. The van der Waals surface area contributed by atoms with Crippen LogP contribution in [0.3, 0.4) is 0 Å². The van der Waals surface area contributed by atoms with E-state index in [1.54, 1.807) is 7.11 Å². The lowest BCUT2D eigenvalue weighted by atomic mass is 10.0. The van der Waals surface area contributed by atoms with Crippen molar-refractivity contribution in [2.75, 3.05) is 13.7 Å². The first-order valence-corrected chi connectivity index (χ1v) is 6.61. The van der Waals surface area contributed by atoms with Gasteiger partial charge in [0.05, 0.1) is 7.11 Å². The van der Waals surface area contributed by atoms with Crippen LogP contribution in [0.25, 0.3) is 0 Å². The summed E-state index contributed by atoms with van der Waals surface area (Å²) in [6.07, 6.45) is 0.704. The fourth-order valence-corrected chi connectivity index (χ4v) is 1.92. The van der Waals surface area contributed by atoms with E-state index in [1.807, 2.05) is 19.9 Å². The van der Waals surface area contributed by atoms with Gasteiger partial charge in [0.2, 0.25) is 5.91 Å². The third-order valence-electron chi connectivity index (χ3n) is 3.40. The van der Waals surface area contributed by atoms with Crippen molar-refractivity contribution < 1.29 is 9.53 Å². The minimum absolute atomic E-state index is 0.0331. The number of carbonyl (C=O) groups excluding carboxylic acids is 1. The highest BCUT2D eigenvalue weighted by molar-refractivity contribution is 5.78. The fourth-order valence-electron chi connectivity index (χ4n) is 1.92. The molecule has 0 fully saturated rings. The number of amides is 1. The number of nitrogens with one attached hydrogen (secondary N) is 1. The van der Waals surface area contributed by atoms with Gasteiger partial charge < -0.3 is 15.8 Å². The highest BCUT2D eigenvalue weighted by Crippen LogP contribution is 2.22. The fraction of sp³-hybridized carbons (Fsp3) is 0.533. The van der Waals surface area contributed by atoms with E-state index in [0.29, 0.717) is 19.5 Å². The lowest BCUT2D eigenvalue weighted by molar-refractivity contribution is -0.124. The topological polar surface area (TPSA) is 64.3 Å². The van der Waals surface area contributed by atoms with Crippen LogP contribution < -0.4 is 15.8 Å². The SMILES string of the molecule is COc1cc(C)c(C)cc1CNC(=O)C(C)CCN. The average Bonchev–Trinajstić information content (AvgIpc) is 2.39. The second-order valence-electron chi connectivity index (χ2n) is 4.94. The van der Waals surface area contributed by atoms with Gasteiger partial charge in [-0.3, -0.25) is 4.79 Å². The molecule has 0 saturated carbocycles. The zero-order valence-electron chi connectivity index (χ0n) is 12.2. The quantitative estimate of drug-likeness (QED) is 0.825. The normalized spacial score (nSPS) is 12.1. The van der Waals surface area contributed by atoms with E-state index in [4.69, 9.17) is 10.5 Å². The molecule has 4 heteroatoms. The molecule has 0 heterocycles. The number of benzene rings is 1. The van der Waals surface area contributed by atoms with Crippen LogP contribution in [-0.4, -0.2) is 19.6 Å². The predicted octanol–water partition coefficient (Wildman–Crippen LogP) is 1.91. The van der Waals surface area contributed by atoms with Crippen LogP contribution in [0, 0.1) is 19.8 Å². The molecular weight excluding hydrogens is 240 g/mol. The molecule has 0 spiro atoms. The van der Waals surface area contributed by atoms with Crippen molar-refractivity contribution in [2.24, 2.45) is 11.7 Å². The van der Waals surface area contributed by atoms with Crippen molar-refractivity contribution in [3.05, 3.63) is 28.8 Å². The van der Waals surface area contributed by atoms with Crippen LogP contribution in [-0.2, 0) is 11.3 Å². The molecule has 3 N–H and O–H groups in total. The molecule has 1 aromatic rings. The maximum Gasteiger partial charge on any atom is 0.223 e. The first-order valence-electron chi connectivity index (χ1n) is 6.61. The molecule has 1 rings (SSSR count). The highest BCUT2D eigenvalue weighted by atomic mass is 16.5. The van der Waals surface area contributed by atoms with E-state index in [-0.39, 0.29) is 11.8 Å². The van der Waals surface area contributed by atoms with Gasteiger partial charge in [0, 0.05) is 18.0 Å². The Morgan fingerprint density at radius 1 is 1.37 bits per heavy atom. The number of methoxy groups -OCH3 is 1. The molecule has 1 atom stereocenters. The number of aryl methyl sites for hydroxylation is 2. The molecular formula is C15H24N2O2. The van der Waals surface area contributed by atoms with Gasteiger partial charge in [-0.25, -0.2) is 0 Å². The molecule has 19 heavy (non-hydrogen) atoms. The van der Waals surface area contributed by atoms with Gasteiger partial charge >= 0.3 is 0 Å². The largest absolute Gasteiger partial charge is 0.496 e. The van der Waals surface area contributed by atoms with E-state index in [0.717, 1.165) is 11.3 Å². The minimum Gasteiger partial charge on any atom is -0.496 e. The monoisotopic (exact) mass is 264 g/mol. The Balaban J connectivity index is 2.72. The molecule has 0 aromatic heterocycles. The lowest BCUT2D eigenvalue weighted by Crippen LogP contribution is -2.30. The summed E-state index contributed by atoms with van der Waals surface area (Å²) in [6, 6.07) is 4.06. The summed E-state index contributed by atoms with van der Waals surface area (Å²) in [6.45, 7) is 7.00. The highest BCUT2D eigenvalue weighted by Gasteiger charge is 2.13. The number of nitrogens with two attached hydrogens (primary N) is 1. The number of rotatable bonds is 6. The first-order chi connectivity index (χ1) is 8.99. The molecule has 0 aliphatic heterocycles. The summed E-state index contributed by atoms with van der Waals surface area (Å²) >= 11 is 0. The predicted molar refractivity (Wildman–Crippen MR) is 77.2 cm³/mol. The van der Waals surface area contributed by atoms with Crippen molar-refractivity contribution in [1.29, 1.82) is 0 Å². The third-order valence-corrected chi connectivity index (χ3v) is 3.40. The summed E-state index contributed by atoms with van der Waals surface area (Å²) < 4.78 is 5.35. The maximum absolute atomic E-state index is 11.9. The molecule has 4 nitrogen and oxygen atoms in total. The summed E-state index contributed by atoms with van der Waals surface area (Å²) in [5.41, 5.74) is 8.83. The lowest BCUT2D eigenvalue weighted by Gasteiger charge is -2.14. The third kappa shape index (κ3) is 4.24. The molecule has 106 valence electrons. The average molecular weight is 264 g/mol. The van der Waals surface area contributed by atoms with Gasteiger partial charge in [-0.05, 0) is 44.0 Å². The number of hydrogen-bond acceptors (Lipinski definition) is 3. The van der Waals surface area contributed by atoms with Crippen LogP contribution in [0.15, 0.2) is 12.1 Å². The van der Waals surface area contributed by atoms with Crippen molar-refractivity contribution in [3.8, 4) is 5.75 Å². The van der Waals surface area contributed by atoms with Crippen molar-refractivity contribution in [3.63, 3.8) is 0 Å². The minimum atomic E-state index is -0.0532. The van der Waals surface area contributed by atoms with Gasteiger partial charge in [-0.15, -0.1) is 0 Å². The van der Waals surface area contributed by atoms with Crippen molar-refractivity contribution >= 4 is 5.91 Å². The van der Waals surface area contributed by atoms with E-state index >= 15 is 0 Å². The molecule has 1 unspecified atom stereocenters. The molecule has 0 saturated heterocycles. The maximum atomic E-state index is 11.9. The Kier molecular flexibility index (Phi) is 5.83. The van der Waals surface area contributed by atoms with E-state index in [2.05, 4.69) is 18.3 Å². The standard InChI is InChI=1S/C15H24N2O2/c1-10(5-6-16)15(18)17-9-13-7-11(2)12(3)8-14(13)19-4/h7-8,10H,5-6,9,16H2,1-4H3,(H,17,18). The number of ether oxygens (including phenoxy) is 1. The van der Waals surface area contributed by atoms with Crippen LogP contribution in [0.5, 0.6) is 5.75 Å². The van der Waals surface area contributed by atoms with Crippen molar-refractivity contribution in [1.82, 2.24) is 5.32 Å². The molecule has 1 aromatic carbocycles. The second-order valence-corrected chi connectivity index (χ2v) is 4.94. The Labute approximate surface area is 115 Å². The number of hydrogen-bond donors (Lipinski definition) is 2. The Hall–Kier alpha value is -1.55. The van der Waals surface area contributed by atoms with Crippen LogP contribution in [0.4, 0.5) is 0 Å². The van der Waals surface area contributed by atoms with Gasteiger partial charge in [0.15, 0.2) is 0 Å². The smallest absolute Gasteiger partial charge is 0.223 e. The van der Waals surface area contributed by atoms with Gasteiger partial charge in [-0.1, -0.05) is 13.0 Å². The van der Waals surface area contributed by atoms with Gasteiger partial charge in [-0.2, -0.15) is 0 Å². The summed E-state index contributed by atoms with van der Waals surface area (Å²) in [5.74, 6) is 0.795. The van der Waals surface area contributed by atoms with Gasteiger partial charge in [0.1, 0.15) is 5.75 Å². The van der Waals surface area contributed by atoms with E-state index < -0.39 is 0 Å². The van der Waals surface area contributed by atoms with E-state index in [1.165, 1.54) is 11.1 Å². The van der Waals surface area contributed by atoms with Gasteiger partial charge in [0.25, 0.3) is 0 Å². The Morgan fingerprint density at radius 3 is 2.58 bits per heavy atom. The van der Waals surface area contributed by atoms with Crippen LogP contribution >= 0.6 is 0 Å². The zero-order chi connectivity index (χ0) is 14.4. The molecule has 0 radical (unpaired) electrons.